The van der Waals surface area contributed by atoms with Crippen LogP contribution >= 0.6 is 0 Å². The number of carbonyl (C=O) groups is 1. The van der Waals surface area contributed by atoms with E-state index in [2.05, 4.69) is 16.5 Å². The maximum Gasteiger partial charge on any atom is 0.229 e. The molecule has 188 valence electrons. The zero-order valence-corrected chi connectivity index (χ0v) is 21.3. The Hall–Kier alpha value is -2.84. The lowest BCUT2D eigenvalue weighted by atomic mass is 9.98. The number of rotatable bonds is 12. The molecule has 2 aromatic carbocycles. The Bertz CT molecular complexity index is 1260. The molecule has 1 aliphatic heterocycles. The van der Waals surface area contributed by atoms with Crippen LogP contribution in [0.1, 0.15) is 60.7 Å². The van der Waals surface area contributed by atoms with E-state index in [1.165, 1.54) is 25.9 Å². The Labute approximate surface area is 207 Å². The first-order valence-electron chi connectivity index (χ1n) is 12.4. The molecule has 0 atom stereocenters. The van der Waals surface area contributed by atoms with Gasteiger partial charge in [0, 0.05) is 29.6 Å². The number of aryl methyl sites for hydroxylation is 1. The lowest BCUT2D eigenvalue weighted by molar-refractivity contribution is 0.103. The van der Waals surface area contributed by atoms with Gasteiger partial charge in [0.15, 0.2) is 5.78 Å². The number of anilines is 1. The molecule has 1 aromatic heterocycles. The molecule has 0 bridgehead atoms. The van der Waals surface area contributed by atoms with E-state index in [0.717, 1.165) is 37.8 Å². The number of hydrogen-bond donors (Lipinski definition) is 1. The van der Waals surface area contributed by atoms with E-state index in [-0.39, 0.29) is 5.78 Å². The first kappa shape index (κ1) is 25.3. The van der Waals surface area contributed by atoms with Crippen molar-refractivity contribution < 1.29 is 22.4 Å². The summed E-state index contributed by atoms with van der Waals surface area (Å²) in [5.74, 6) is 1.23. The highest BCUT2D eigenvalue weighted by Gasteiger charge is 2.22. The third-order valence-electron chi connectivity index (χ3n) is 6.25. The normalized spacial score (nSPS) is 14.5. The van der Waals surface area contributed by atoms with E-state index in [0.29, 0.717) is 46.6 Å². The van der Waals surface area contributed by atoms with Gasteiger partial charge in [0.1, 0.15) is 17.1 Å². The summed E-state index contributed by atoms with van der Waals surface area (Å²) in [6, 6.07) is 12.2. The smallest absolute Gasteiger partial charge is 0.229 e. The molecule has 8 heteroatoms. The van der Waals surface area contributed by atoms with Gasteiger partial charge in [-0.25, -0.2) is 8.42 Å². The number of benzene rings is 2. The van der Waals surface area contributed by atoms with Crippen LogP contribution in [-0.2, 0) is 16.4 Å². The van der Waals surface area contributed by atoms with Crippen molar-refractivity contribution in [2.24, 2.45) is 0 Å². The van der Waals surface area contributed by atoms with Gasteiger partial charge in [-0.05, 0) is 81.2 Å². The van der Waals surface area contributed by atoms with E-state index < -0.39 is 10.0 Å². The minimum Gasteiger partial charge on any atom is -0.494 e. The largest absolute Gasteiger partial charge is 0.494 e. The lowest BCUT2D eigenvalue weighted by Crippen LogP contribution is -2.21. The number of furan rings is 1. The summed E-state index contributed by atoms with van der Waals surface area (Å²) >= 11 is 0. The van der Waals surface area contributed by atoms with Gasteiger partial charge < -0.3 is 14.1 Å². The second-order valence-electron chi connectivity index (χ2n) is 9.19. The zero-order valence-electron chi connectivity index (χ0n) is 20.5. The molecule has 0 aliphatic carbocycles. The Morgan fingerprint density at radius 2 is 1.83 bits per heavy atom. The molecular weight excluding hydrogens is 464 g/mol. The minimum atomic E-state index is -3.44. The lowest BCUT2D eigenvalue weighted by Gasteiger charge is -2.14. The van der Waals surface area contributed by atoms with Crippen LogP contribution in [0.3, 0.4) is 0 Å². The predicted octanol–water partition coefficient (Wildman–Crippen LogP) is 5.24. The number of unbranched alkanes of at least 4 members (excludes halogenated alkanes) is 1. The van der Waals surface area contributed by atoms with Crippen molar-refractivity contribution in [1.29, 1.82) is 0 Å². The van der Waals surface area contributed by atoms with Crippen molar-refractivity contribution in [2.75, 3.05) is 37.2 Å². The minimum absolute atomic E-state index is 0.146. The number of nitrogens with zero attached hydrogens (tertiary/aromatic N) is 1. The quantitative estimate of drug-likeness (QED) is 0.271. The molecule has 0 radical (unpaired) electrons. The number of fused-ring (bicyclic) bond motifs is 1. The molecule has 7 nitrogen and oxygen atoms in total. The summed E-state index contributed by atoms with van der Waals surface area (Å²) in [5, 5.41) is 0.608. The second-order valence-corrected chi connectivity index (χ2v) is 10.9. The van der Waals surface area contributed by atoms with Crippen molar-refractivity contribution >= 4 is 32.5 Å². The first-order valence-corrected chi connectivity index (χ1v) is 14.3. The van der Waals surface area contributed by atoms with Gasteiger partial charge >= 0.3 is 0 Å². The van der Waals surface area contributed by atoms with Crippen LogP contribution in [0, 0.1) is 0 Å². The Morgan fingerprint density at radius 1 is 1.09 bits per heavy atom. The van der Waals surface area contributed by atoms with Crippen LogP contribution in [0.2, 0.25) is 0 Å². The van der Waals surface area contributed by atoms with Crippen LogP contribution < -0.4 is 9.46 Å². The zero-order chi connectivity index (χ0) is 24.8. The number of hydrogen-bond acceptors (Lipinski definition) is 6. The molecule has 0 spiro atoms. The molecule has 4 rings (SSSR count). The molecule has 1 fully saturated rings. The van der Waals surface area contributed by atoms with E-state index in [9.17, 15) is 13.2 Å². The van der Waals surface area contributed by atoms with E-state index in [1.54, 1.807) is 30.3 Å². The average Bonchev–Trinajstić information content (AvgIpc) is 3.47. The second kappa shape index (κ2) is 11.3. The molecule has 1 aliphatic rings. The van der Waals surface area contributed by atoms with Gasteiger partial charge in [-0.1, -0.05) is 13.3 Å². The third kappa shape index (κ3) is 6.64. The fraction of sp³-hybridized carbons (Fsp3) is 0.444. The standard InChI is InChI=1S/C27H34N2O5S/c1-3-4-8-25-26(23-19-21(28-35(2,31)32)11-14-24(23)34-25)27(30)20-9-12-22(13-10-20)33-18-7-17-29-15-5-6-16-29/h9-14,19,28H,3-8,15-18H2,1-2H3. The highest BCUT2D eigenvalue weighted by atomic mass is 32.2. The SMILES string of the molecule is CCCCc1oc2ccc(NS(C)(=O)=O)cc2c1C(=O)c1ccc(OCCCN2CCCC2)cc1. The van der Waals surface area contributed by atoms with Gasteiger partial charge in [-0.2, -0.15) is 0 Å². The fourth-order valence-corrected chi connectivity index (χ4v) is 5.07. The molecular formula is C27H34N2O5S. The van der Waals surface area contributed by atoms with Crippen molar-refractivity contribution in [1.82, 2.24) is 4.90 Å². The molecule has 2 heterocycles. The topological polar surface area (TPSA) is 88.8 Å². The van der Waals surface area contributed by atoms with Crippen LogP contribution in [0.5, 0.6) is 5.75 Å². The summed E-state index contributed by atoms with van der Waals surface area (Å²) < 4.78 is 37.8. The van der Waals surface area contributed by atoms with Crippen molar-refractivity contribution in [3.05, 3.63) is 59.4 Å². The molecule has 1 N–H and O–H groups in total. The number of likely N-dealkylation sites (tertiary alicyclic amines) is 1. The molecule has 0 amide bonds. The molecule has 3 aromatic rings. The molecule has 0 saturated carbocycles. The summed E-state index contributed by atoms with van der Waals surface area (Å²) in [7, 11) is -3.44. The van der Waals surface area contributed by atoms with E-state index in [1.807, 2.05) is 12.1 Å². The number of ether oxygens (including phenoxy) is 1. The van der Waals surface area contributed by atoms with Crippen molar-refractivity contribution in [2.45, 2.75) is 45.4 Å². The Balaban J connectivity index is 1.52. The van der Waals surface area contributed by atoms with Gasteiger partial charge in [-0.3, -0.25) is 9.52 Å². The maximum absolute atomic E-state index is 13.6. The van der Waals surface area contributed by atoms with Crippen LogP contribution in [0.25, 0.3) is 11.0 Å². The van der Waals surface area contributed by atoms with Gasteiger partial charge in [0.2, 0.25) is 10.0 Å². The summed E-state index contributed by atoms with van der Waals surface area (Å²) in [5.41, 5.74) is 1.99. The van der Waals surface area contributed by atoms with Crippen LogP contribution in [0.4, 0.5) is 5.69 Å². The number of ketones is 1. The highest BCUT2D eigenvalue weighted by molar-refractivity contribution is 7.92. The number of carbonyl (C=O) groups excluding carboxylic acids is 1. The van der Waals surface area contributed by atoms with Crippen LogP contribution in [0.15, 0.2) is 46.9 Å². The molecule has 0 unspecified atom stereocenters. The summed E-state index contributed by atoms with van der Waals surface area (Å²) in [6.45, 7) is 6.16. The monoisotopic (exact) mass is 498 g/mol. The Kier molecular flexibility index (Phi) is 8.13. The third-order valence-corrected chi connectivity index (χ3v) is 6.86. The van der Waals surface area contributed by atoms with Gasteiger partial charge in [0.05, 0.1) is 18.4 Å². The first-order chi connectivity index (χ1) is 16.8. The van der Waals surface area contributed by atoms with Crippen molar-refractivity contribution in [3.8, 4) is 5.75 Å². The maximum atomic E-state index is 13.6. The van der Waals surface area contributed by atoms with Crippen LogP contribution in [-0.4, -0.2) is 51.6 Å². The predicted molar refractivity (Wildman–Crippen MR) is 139 cm³/mol. The molecule has 35 heavy (non-hydrogen) atoms. The summed E-state index contributed by atoms with van der Waals surface area (Å²) in [4.78, 5) is 16.0. The molecule has 1 saturated heterocycles. The number of sulfonamides is 1. The highest BCUT2D eigenvalue weighted by Crippen LogP contribution is 2.32. The fourth-order valence-electron chi connectivity index (χ4n) is 4.52. The van der Waals surface area contributed by atoms with Gasteiger partial charge in [0.25, 0.3) is 0 Å². The van der Waals surface area contributed by atoms with E-state index >= 15 is 0 Å². The average molecular weight is 499 g/mol. The number of nitrogens with one attached hydrogen (secondary N) is 1. The van der Waals surface area contributed by atoms with Gasteiger partial charge in [-0.15, -0.1) is 0 Å². The Morgan fingerprint density at radius 3 is 2.51 bits per heavy atom. The van der Waals surface area contributed by atoms with E-state index in [4.69, 9.17) is 9.15 Å². The summed E-state index contributed by atoms with van der Waals surface area (Å²) in [6.07, 6.45) is 7.15. The van der Waals surface area contributed by atoms with Crippen molar-refractivity contribution in [3.63, 3.8) is 0 Å².